The van der Waals surface area contributed by atoms with Crippen LogP contribution in [0.25, 0.3) is 11.4 Å². The zero-order valence-corrected chi connectivity index (χ0v) is 17.9. The standard InChI is InChI=1S/C22H24N6O2S/c29-19-5-3-17(4-6-19)26-11-13-27(14-12-26)20(30)15-31-22-25-24-21(28(22)18-1-2-18)16-7-9-23-10-8-16/h3-10,18,29H,1-2,11-15H2. The summed E-state index contributed by atoms with van der Waals surface area (Å²) in [7, 11) is 0. The lowest BCUT2D eigenvalue weighted by Crippen LogP contribution is -2.49. The predicted octanol–water partition coefficient (Wildman–Crippen LogP) is 2.82. The Morgan fingerprint density at radius 1 is 1.00 bits per heavy atom. The molecule has 3 aromatic rings. The van der Waals surface area contributed by atoms with Crippen LogP contribution >= 0.6 is 11.8 Å². The van der Waals surface area contributed by atoms with Crippen LogP contribution in [0.5, 0.6) is 5.75 Å². The number of carbonyl (C=O) groups is 1. The van der Waals surface area contributed by atoms with Gasteiger partial charge in [0.2, 0.25) is 5.91 Å². The van der Waals surface area contributed by atoms with Crippen molar-refractivity contribution in [3.63, 3.8) is 0 Å². The summed E-state index contributed by atoms with van der Waals surface area (Å²) in [5.41, 5.74) is 2.07. The van der Waals surface area contributed by atoms with E-state index in [4.69, 9.17) is 0 Å². The van der Waals surface area contributed by atoms with Gasteiger partial charge in [-0.15, -0.1) is 10.2 Å². The summed E-state index contributed by atoms with van der Waals surface area (Å²) in [6.45, 7) is 2.95. The second-order valence-electron chi connectivity index (χ2n) is 7.82. The molecule has 31 heavy (non-hydrogen) atoms. The fraction of sp³-hybridized carbons (Fsp3) is 0.364. The molecule has 2 fully saturated rings. The van der Waals surface area contributed by atoms with E-state index in [1.165, 1.54) is 11.8 Å². The first-order valence-electron chi connectivity index (χ1n) is 10.5. The maximum absolute atomic E-state index is 12.8. The summed E-state index contributed by atoms with van der Waals surface area (Å²) in [6, 6.07) is 11.5. The fourth-order valence-electron chi connectivity index (χ4n) is 3.83. The number of hydrogen-bond acceptors (Lipinski definition) is 7. The number of aromatic nitrogens is 4. The van der Waals surface area contributed by atoms with E-state index in [2.05, 4.69) is 24.6 Å². The number of aromatic hydroxyl groups is 1. The summed E-state index contributed by atoms with van der Waals surface area (Å²) in [4.78, 5) is 21.1. The van der Waals surface area contributed by atoms with E-state index in [9.17, 15) is 9.90 Å². The molecule has 160 valence electrons. The quantitative estimate of drug-likeness (QED) is 0.595. The maximum Gasteiger partial charge on any atom is 0.233 e. The van der Waals surface area contributed by atoms with E-state index in [1.54, 1.807) is 24.5 Å². The highest BCUT2D eigenvalue weighted by atomic mass is 32.2. The Labute approximate surface area is 184 Å². The van der Waals surface area contributed by atoms with Crippen molar-refractivity contribution >= 4 is 23.4 Å². The van der Waals surface area contributed by atoms with E-state index < -0.39 is 0 Å². The molecule has 9 heteroatoms. The van der Waals surface area contributed by atoms with Gasteiger partial charge in [0.25, 0.3) is 0 Å². The van der Waals surface area contributed by atoms with Crippen molar-refractivity contribution in [2.24, 2.45) is 0 Å². The first-order chi connectivity index (χ1) is 15.2. The van der Waals surface area contributed by atoms with E-state index in [-0.39, 0.29) is 11.7 Å². The molecule has 0 unspecified atom stereocenters. The Kier molecular flexibility index (Phi) is 5.50. The summed E-state index contributed by atoms with van der Waals surface area (Å²) in [5.74, 6) is 1.61. The van der Waals surface area contributed by atoms with Crippen molar-refractivity contribution in [1.29, 1.82) is 0 Å². The summed E-state index contributed by atoms with van der Waals surface area (Å²) in [6.07, 6.45) is 5.76. The first-order valence-corrected chi connectivity index (χ1v) is 11.5. The molecule has 2 aromatic heterocycles. The summed E-state index contributed by atoms with van der Waals surface area (Å²) >= 11 is 1.47. The lowest BCUT2D eigenvalue weighted by molar-refractivity contribution is -0.128. The third-order valence-corrected chi connectivity index (χ3v) is 6.61. The van der Waals surface area contributed by atoms with E-state index in [0.29, 0.717) is 24.9 Å². The Hall–Kier alpha value is -3.07. The molecule has 1 amide bonds. The van der Waals surface area contributed by atoms with Crippen LogP contribution in [-0.4, -0.2) is 67.6 Å². The third-order valence-electron chi connectivity index (χ3n) is 5.69. The van der Waals surface area contributed by atoms with Crippen molar-refractivity contribution in [3.05, 3.63) is 48.8 Å². The molecule has 1 aromatic carbocycles. The predicted molar refractivity (Wildman–Crippen MR) is 119 cm³/mol. The number of piperazine rings is 1. The highest BCUT2D eigenvalue weighted by Gasteiger charge is 2.31. The van der Waals surface area contributed by atoms with Crippen LogP contribution in [0.2, 0.25) is 0 Å². The van der Waals surface area contributed by atoms with Crippen LogP contribution in [0.1, 0.15) is 18.9 Å². The largest absolute Gasteiger partial charge is 0.508 e. The molecular formula is C22H24N6O2S. The minimum absolute atomic E-state index is 0.131. The molecule has 2 aliphatic rings. The number of anilines is 1. The van der Waals surface area contributed by atoms with Crippen LogP contribution in [0.15, 0.2) is 53.9 Å². The zero-order valence-electron chi connectivity index (χ0n) is 17.1. The molecule has 1 aliphatic carbocycles. The van der Waals surface area contributed by atoms with Crippen molar-refractivity contribution < 1.29 is 9.90 Å². The second kappa shape index (κ2) is 8.58. The van der Waals surface area contributed by atoms with Gasteiger partial charge in [0.15, 0.2) is 11.0 Å². The second-order valence-corrected chi connectivity index (χ2v) is 8.76. The smallest absolute Gasteiger partial charge is 0.233 e. The van der Waals surface area contributed by atoms with Gasteiger partial charge in [-0.25, -0.2) is 0 Å². The molecule has 1 saturated carbocycles. The number of carbonyl (C=O) groups excluding carboxylic acids is 1. The first kappa shape index (κ1) is 19.9. The molecule has 0 bridgehead atoms. The van der Waals surface area contributed by atoms with Crippen LogP contribution in [0.3, 0.4) is 0 Å². The molecule has 3 heterocycles. The van der Waals surface area contributed by atoms with Crippen molar-refractivity contribution in [2.45, 2.75) is 24.0 Å². The minimum Gasteiger partial charge on any atom is -0.508 e. The maximum atomic E-state index is 12.8. The van der Waals surface area contributed by atoms with Gasteiger partial charge in [0.1, 0.15) is 5.75 Å². The Bertz CT molecular complexity index is 1040. The Morgan fingerprint density at radius 3 is 2.39 bits per heavy atom. The van der Waals surface area contributed by atoms with Gasteiger partial charge in [-0.1, -0.05) is 11.8 Å². The molecule has 0 radical (unpaired) electrons. The number of benzene rings is 1. The topological polar surface area (TPSA) is 87.4 Å². The number of amides is 1. The SMILES string of the molecule is O=C(CSc1nnc(-c2ccncc2)n1C1CC1)N1CCN(c2ccc(O)cc2)CC1. The zero-order chi connectivity index (χ0) is 21.2. The van der Waals surface area contributed by atoms with Crippen LogP contribution in [-0.2, 0) is 4.79 Å². The summed E-state index contributed by atoms with van der Waals surface area (Å²) in [5, 5.41) is 19.1. The number of rotatable bonds is 6. The lowest BCUT2D eigenvalue weighted by atomic mass is 10.2. The van der Waals surface area contributed by atoms with Crippen LogP contribution in [0.4, 0.5) is 5.69 Å². The molecule has 1 N–H and O–H groups in total. The van der Waals surface area contributed by atoms with Crippen molar-refractivity contribution in [2.75, 3.05) is 36.8 Å². The van der Waals surface area contributed by atoms with Gasteiger partial charge in [-0.3, -0.25) is 14.3 Å². The van der Waals surface area contributed by atoms with Gasteiger partial charge in [-0.2, -0.15) is 0 Å². The number of hydrogen-bond donors (Lipinski definition) is 1. The highest BCUT2D eigenvalue weighted by molar-refractivity contribution is 7.99. The van der Waals surface area contributed by atoms with E-state index >= 15 is 0 Å². The van der Waals surface area contributed by atoms with Gasteiger partial charge in [0.05, 0.1) is 5.75 Å². The number of pyridine rings is 1. The molecule has 1 saturated heterocycles. The fourth-order valence-corrected chi connectivity index (χ4v) is 4.74. The Morgan fingerprint density at radius 2 is 1.71 bits per heavy atom. The highest BCUT2D eigenvalue weighted by Crippen LogP contribution is 2.41. The molecular weight excluding hydrogens is 412 g/mol. The average molecular weight is 437 g/mol. The van der Waals surface area contributed by atoms with Crippen molar-refractivity contribution in [3.8, 4) is 17.1 Å². The average Bonchev–Trinajstić information content (AvgIpc) is 3.57. The van der Waals surface area contributed by atoms with E-state index in [0.717, 1.165) is 48.2 Å². The summed E-state index contributed by atoms with van der Waals surface area (Å²) < 4.78 is 2.18. The van der Waals surface area contributed by atoms with Crippen LogP contribution < -0.4 is 4.90 Å². The molecule has 8 nitrogen and oxygen atoms in total. The number of thioether (sulfide) groups is 1. The number of phenols is 1. The normalized spacial score (nSPS) is 16.5. The lowest BCUT2D eigenvalue weighted by Gasteiger charge is -2.36. The third kappa shape index (κ3) is 4.36. The number of nitrogens with zero attached hydrogens (tertiary/aromatic N) is 6. The molecule has 5 rings (SSSR count). The number of phenolic OH excluding ortho intramolecular Hbond substituents is 1. The van der Waals surface area contributed by atoms with Gasteiger partial charge in [-0.05, 0) is 49.2 Å². The van der Waals surface area contributed by atoms with Gasteiger partial charge < -0.3 is 14.9 Å². The van der Waals surface area contributed by atoms with Gasteiger partial charge in [0, 0.05) is 55.9 Å². The van der Waals surface area contributed by atoms with Gasteiger partial charge >= 0.3 is 0 Å². The molecule has 0 spiro atoms. The van der Waals surface area contributed by atoms with Crippen LogP contribution in [0, 0.1) is 0 Å². The molecule has 1 aliphatic heterocycles. The van der Waals surface area contributed by atoms with E-state index in [1.807, 2.05) is 29.2 Å². The minimum atomic E-state index is 0.131. The van der Waals surface area contributed by atoms with Crippen molar-refractivity contribution in [1.82, 2.24) is 24.6 Å². The monoisotopic (exact) mass is 436 g/mol. The Balaban J connectivity index is 1.20. The molecule has 0 atom stereocenters.